The lowest BCUT2D eigenvalue weighted by Gasteiger charge is -2.36. The van der Waals surface area contributed by atoms with Gasteiger partial charge in [0.1, 0.15) is 11.7 Å². The summed E-state index contributed by atoms with van der Waals surface area (Å²) in [4.78, 5) is 35.4. The summed E-state index contributed by atoms with van der Waals surface area (Å²) in [6.07, 6.45) is -6.22. The maximum Gasteiger partial charge on any atom is 0.423 e. The monoisotopic (exact) mass is 535 g/mol. The second-order valence-electron chi connectivity index (χ2n) is 8.58. The van der Waals surface area contributed by atoms with E-state index in [1.807, 2.05) is 0 Å². The zero-order valence-corrected chi connectivity index (χ0v) is 19.3. The van der Waals surface area contributed by atoms with Crippen LogP contribution in [0.2, 0.25) is 0 Å². The zero-order valence-electron chi connectivity index (χ0n) is 19.3. The topological polar surface area (TPSA) is 116 Å². The summed E-state index contributed by atoms with van der Waals surface area (Å²) < 4.78 is 83.0. The smallest absolute Gasteiger partial charge is 0.381 e. The molecule has 2 N–H and O–H groups in total. The fourth-order valence-corrected chi connectivity index (χ4v) is 4.40. The first-order valence-corrected chi connectivity index (χ1v) is 11.4. The summed E-state index contributed by atoms with van der Waals surface area (Å²) >= 11 is 0. The van der Waals surface area contributed by atoms with Gasteiger partial charge in [0.15, 0.2) is 0 Å². The second kappa shape index (κ2) is 10.5. The van der Waals surface area contributed by atoms with Gasteiger partial charge in [0.25, 0.3) is 11.5 Å². The van der Waals surface area contributed by atoms with E-state index in [2.05, 4.69) is 20.4 Å². The number of amides is 1. The predicted octanol–water partition coefficient (Wildman–Crippen LogP) is 2.30. The molecule has 1 atom stereocenters. The van der Waals surface area contributed by atoms with E-state index in [1.165, 1.54) is 0 Å². The number of hydrogen-bond acceptors (Lipinski definition) is 8. The lowest BCUT2D eigenvalue weighted by atomic mass is 10.0. The Morgan fingerprint density at radius 2 is 1.65 bits per heavy atom. The number of likely N-dealkylation sites (tertiary alicyclic amines) is 1. The van der Waals surface area contributed by atoms with Crippen molar-refractivity contribution in [3.05, 3.63) is 40.1 Å². The van der Waals surface area contributed by atoms with Crippen molar-refractivity contribution in [3.63, 3.8) is 0 Å². The molecule has 10 nitrogen and oxygen atoms in total. The van der Waals surface area contributed by atoms with E-state index in [9.17, 15) is 35.9 Å². The maximum absolute atomic E-state index is 13.1. The van der Waals surface area contributed by atoms with Crippen LogP contribution in [0.15, 0.2) is 23.4 Å². The molecule has 2 aliphatic rings. The van der Waals surface area contributed by atoms with Gasteiger partial charge >= 0.3 is 12.4 Å². The highest BCUT2D eigenvalue weighted by Crippen LogP contribution is 2.32. The molecule has 0 aliphatic carbocycles. The van der Waals surface area contributed by atoms with Gasteiger partial charge in [-0.3, -0.25) is 9.59 Å². The van der Waals surface area contributed by atoms with Crippen molar-refractivity contribution in [2.75, 3.05) is 43.0 Å². The van der Waals surface area contributed by atoms with Crippen LogP contribution in [0.25, 0.3) is 0 Å². The molecular formula is C21H23F6N7O3. The lowest BCUT2D eigenvalue weighted by molar-refractivity contribution is -0.139. The number of nitrogens with one attached hydrogen (secondary N) is 2. The van der Waals surface area contributed by atoms with E-state index in [1.54, 1.807) is 14.9 Å². The number of anilines is 2. The van der Waals surface area contributed by atoms with Gasteiger partial charge in [-0.1, -0.05) is 0 Å². The molecule has 2 aliphatic heterocycles. The van der Waals surface area contributed by atoms with Gasteiger partial charge in [0, 0.05) is 51.0 Å². The minimum absolute atomic E-state index is 0.0714. The third-order valence-corrected chi connectivity index (χ3v) is 6.22. The van der Waals surface area contributed by atoms with Crippen LogP contribution in [0, 0.1) is 0 Å². The minimum Gasteiger partial charge on any atom is -0.381 e. The number of halogens is 6. The van der Waals surface area contributed by atoms with Crippen LogP contribution >= 0.6 is 0 Å². The molecule has 1 amide bonds. The number of ether oxygens (including phenoxy) is 1. The molecule has 1 unspecified atom stereocenters. The number of piperidine rings is 1. The highest BCUT2D eigenvalue weighted by Gasteiger charge is 2.39. The van der Waals surface area contributed by atoms with Gasteiger partial charge in [0.2, 0.25) is 5.95 Å². The minimum atomic E-state index is -4.87. The molecule has 4 rings (SSSR count). The number of hydrogen-bond donors (Lipinski definition) is 2. The van der Waals surface area contributed by atoms with Crippen molar-refractivity contribution in [2.24, 2.45) is 0 Å². The number of carbonyl (C=O) groups is 1. The lowest BCUT2D eigenvalue weighted by Crippen LogP contribution is -2.47. The number of rotatable bonds is 7. The Labute approximate surface area is 206 Å². The third-order valence-electron chi connectivity index (χ3n) is 6.22. The van der Waals surface area contributed by atoms with Crippen molar-refractivity contribution in [2.45, 2.75) is 43.8 Å². The molecule has 2 aromatic heterocycles. The molecule has 0 saturated carbocycles. The summed E-state index contributed by atoms with van der Waals surface area (Å²) in [5.74, 6) is -0.0322. The fourth-order valence-electron chi connectivity index (χ4n) is 4.40. The van der Waals surface area contributed by atoms with Gasteiger partial charge in [-0.25, -0.2) is 15.1 Å². The van der Waals surface area contributed by atoms with Gasteiger partial charge in [-0.05, 0) is 12.8 Å². The number of alkyl halides is 6. The molecule has 0 radical (unpaired) electrons. The van der Waals surface area contributed by atoms with Gasteiger partial charge < -0.3 is 19.9 Å². The van der Waals surface area contributed by atoms with Crippen LogP contribution in [0.4, 0.5) is 38.0 Å². The summed E-state index contributed by atoms with van der Waals surface area (Å²) in [6.45, 7) is 1.22. The molecule has 0 spiro atoms. The van der Waals surface area contributed by atoms with E-state index in [0.29, 0.717) is 38.9 Å². The molecule has 16 heteroatoms. The van der Waals surface area contributed by atoms with Crippen molar-refractivity contribution in [3.8, 4) is 0 Å². The summed E-state index contributed by atoms with van der Waals surface area (Å²) in [7, 11) is 0. The Morgan fingerprint density at radius 3 is 2.27 bits per heavy atom. The standard InChI is InChI=1S/C21H23F6N7O3/c22-20(23,24)12-9-29-19(30-10-12)33-5-1-13(2-6-33)34-7-3-15(18(34)36)37-8-4-28-14-11-31-32-17(35)16(14)21(25,26)27/h9-11,13,15H,1-8H2,(H2,28,32,35). The Morgan fingerprint density at radius 1 is 0.973 bits per heavy atom. The highest BCUT2D eigenvalue weighted by molar-refractivity contribution is 5.83. The van der Waals surface area contributed by atoms with Gasteiger partial charge in [-0.15, -0.1) is 0 Å². The maximum atomic E-state index is 13.1. The quantitative estimate of drug-likeness (QED) is 0.410. The fraction of sp³-hybridized carbons (Fsp3) is 0.571. The average molecular weight is 535 g/mol. The average Bonchev–Trinajstić information content (AvgIpc) is 3.21. The van der Waals surface area contributed by atoms with Crippen LogP contribution in [-0.4, -0.2) is 75.9 Å². The van der Waals surface area contributed by atoms with E-state index in [-0.39, 0.29) is 31.0 Å². The van der Waals surface area contributed by atoms with Crippen LogP contribution in [0.3, 0.4) is 0 Å². The van der Waals surface area contributed by atoms with Crippen molar-refractivity contribution in [1.82, 2.24) is 25.1 Å². The number of nitrogens with zero attached hydrogens (tertiary/aromatic N) is 5. The second-order valence-corrected chi connectivity index (χ2v) is 8.58. The molecule has 2 aromatic rings. The molecule has 2 fully saturated rings. The summed E-state index contributed by atoms with van der Waals surface area (Å²) in [5.41, 5.74) is -4.16. The zero-order chi connectivity index (χ0) is 26.8. The summed E-state index contributed by atoms with van der Waals surface area (Å²) in [6, 6.07) is -0.0821. The Balaban J connectivity index is 1.24. The first-order valence-electron chi connectivity index (χ1n) is 11.4. The van der Waals surface area contributed by atoms with E-state index in [4.69, 9.17) is 4.74 Å². The van der Waals surface area contributed by atoms with E-state index in [0.717, 1.165) is 18.6 Å². The predicted molar refractivity (Wildman–Crippen MR) is 117 cm³/mol. The molecule has 202 valence electrons. The number of carbonyl (C=O) groups excluding carboxylic acids is 1. The molecular weight excluding hydrogens is 512 g/mol. The summed E-state index contributed by atoms with van der Waals surface area (Å²) in [5, 5.41) is 7.59. The Hall–Kier alpha value is -3.43. The Bertz CT molecular complexity index is 1150. The van der Waals surface area contributed by atoms with Crippen LogP contribution in [-0.2, 0) is 21.9 Å². The third kappa shape index (κ3) is 6.11. The van der Waals surface area contributed by atoms with Crippen molar-refractivity contribution in [1.29, 1.82) is 0 Å². The van der Waals surface area contributed by atoms with Crippen molar-refractivity contribution < 1.29 is 35.9 Å². The molecule has 0 bridgehead atoms. The van der Waals surface area contributed by atoms with E-state index >= 15 is 0 Å². The van der Waals surface area contributed by atoms with Crippen LogP contribution in [0.1, 0.15) is 30.4 Å². The molecule has 0 aromatic carbocycles. The van der Waals surface area contributed by atoms with Crippen molar-refractivity contribution >= 4 is 17.5 Å². The largest absolute Gasteiger partial charge is 0.423 e. The molecule has 2 saturated heterocycles. The number of aromatic amines is 1. The van der Waals surface area contributed by atoms with Gasteiger partial charge in [-0.2, -0.15) is 31.4 Å². The highest BCUT2D eigenvalue weighted by atomic mass is 19.4. The van der Waals surface area contributed by atoms with Crippen LogP contribution < -0.4 is 15.8 Å². The number of H-pyrrole nitrogens is 1. The Kier molecular flexibility index (Phi) is 7.57. The SMILES string of the molecule is O=C1C(OCCNc2cn[nH]c(=O)c2C(F)(F)F)CCN1C1CCN(c2ncc(C(F)(F)F)cn2)CC1. The normalized spacial score (nSPS) is 19.5. The first kappa shape index (κ1) is 26.6. The van der Waals surface area contributed by atoms with Gasteiger partial charge in [0.05, 0.1) is 24.1 Å². The van der Waals surface area contributed by atoms with E-state index < -0.39 is 40.8 Å². The molecule has 37 heavy (non-hydrogen) atoms. The number of aromatic nitrogens is 4. The molecule has 4 heterocycles. The van der Waals surface area contributed by atoms with Crippen LogP contribution in [0.5, 0.6) is 0 Å². The first-order chi connectivity index (χ1) is 17.4.